The van der Waals surface area contributed by atoms with Crippen molar-refractivity contribution in [1.29, 1.82) is 0 Å². The van der Waals surface area contributed by atoms with Crippen LogP contribution in [-0.2, 0) is 16.2 Å². The molecule has 1 N–H and O–H groups in total. The SMILES string of the molecule is COc1ccc(Cl)cc1NS(=O)(=O)c1cc(-c2cc(C(F)(F)F)on2)sc1C. The van der Waals surface area contributed by atoms with Crippen molar-refractivity contribution in [2.24, 2.45) is 0 Å². The topological polar surface area (TPSA) is 81.4 Å². The summed E-state index contributed by atoms with van der Waals surface area (Å²) in [7, 11) is -2.69. The van der Waals surface area contributed by atoms with E-state index in [1.54, 1.807) is 0 Å². The molecule has 0 aliphatic rings. The van der Waals surface area contributed by atoms with Crippen LogP contribution in [0.2, 0.25) is 5.02 Å². The minimum absolute atomic E-state index is 0.105. The molecule has 0 atom stereocenters. The molecule has 0 saturated carbocycles. The van der Waals surface area contributed by atoms with Crippen LogP contribution in [0.4, 0.5) is 18.9 Å². The molecule has 2 aromatic heterocycles. The van der Waals surface area contributed by atoms with Gasteiger partial charge in [-0.1, -0.05) is 16.8 Å². The van der Waals surface area contributed by atoms with Gasteiger partial charge in [0.25, 0.3) is 10.0 Å². The van der Waals surface area contributed by atoms with Crippen molar-refractivity contribution in [3.05, 3.63) is 46.0 Å². The van der Waals surface area contributed by atoms with E-state index in [1.807, 2.05) is 0 Å². The number of methoxy groups -OCH3 is 1. The van der Waals surface area contributed by atoms with Crippen molar-refractivity contribution < 1.29 is 30.8 Å². The molecule has 0 aliphatic carbocycles. The van der Waals surface area contributed by atoms with E-state index in [-0.39, 0.29) is 26.9 Å². The Morgan fingerprint density at radius 2 is 1.96 bits per heavy atom. The van der Waals surface area contributed by atoms with Gasteiger partial charge in [-0.15, -0.1) is 11.3 Å². The molecule has 2 heterocycles. The van der Waals surface area contributed by atoms with Gasteiger partial charge >= 0.3 is 6.18 Å². The van der Waals surface area contributed by atoms with Gasteiger partial charge in [-0.2, -0.15) is 13.2 Å². The van der Waals surface area contributed by atoms with Gasteiger partial charge in [0.05, 0.1) is 17.7 Å². The van der Waals surface area contributed by atoms with E-state index in [4.69, 9.17) is 16.3 Å². The van der Waals surface area contributed by atoms with Crippen LogP contribution in [-0.4, -0.2) is 20.7 Å². The first kappa shape index (κ1) is 20.5. The maximum absolute atomic E-state index is 12.8. The maximum Gasteiger partial charge on any atom is 0.452 e. The number of anilines is 1. The largest absolute Gasteiger partial charge is 0.495 e. The van der Waals surface area contributed by atoms with Gasteiger partial charge in [0, 0.05) is 16.0 Å². The second-order valence-electron chi connectivity index (χ2n) is 5.56. The van der Waals surface area contributed by atoms with Crippen molar-refractivity contribution in [2.75, 3.05) is 11.8 Å². The summed E-state index contributed by atoms with van der Waals surface area (Å²) in [6.45, 7) is 1.53. The third-order valence-corrected chi connectivity index (χ3v) is 6.54. The number of aromatic nitrogens is 1. The summed E-state index contributed by atoms with van der Waals surface area (Å²) in [6, 6.07) is 6.37. The number of sulfonamides is 1. The third-order valence-electron chi connectivity index (χ3n) is 3.61. The van der Waals surface area contributed by atoms with E-state index in [2.05, 4.69) is 14.4 Å². The Bertz CT molecular complexity index is 1120. The lowest BCUT2D eigenvalue weighted by Gasteiger charge is -2.12. The zero-order valence-corrected chi connectivity index (χ0v) is 16.7. The molecule has 28 heavy (non-hydrogen) atoms. The Labute approximate surface area is 166 Å². The van der Waals surface area contributed by atoms with Crippen molar-refractivity contribution in [1.82, 2.24) is 5.16 Å². The fraction of sp³-hybridized carbons (Fsp3) is 0.188. The van der Waals surface area contributed by atoms with E-state index in [9.17, 15) is 21.6 Å². The summed E-state index contributed by atoms with van der Waals surface area (Å²) >= 11 is 6.88. The van der Waals surface area contributed by atoms with Gasteiger partial charge < -0.3 is 9.26 Å². The predicted octanol–water partition coefficient (Wildman–Crippen LogP) is 5.19. The fourth-order valence-corrected chi connectivity index (χ4v) is 5.12. The van der Waals surface area contributed by atoms with E-state index in [0.29, 0.717) is 9.90 Å². The zero-order chi connectivity index (χ0) is 20.7. The third kappa shape index (κ3) is 4.10. The molecule has 0 unspecified atom stereocenters. The van der Waals surface area contributed by atoms with Crippen molar-refractivity contribution in [2.45, 2.75) is 18.0 Å². The Morgan fingerprint density at radius 1 is 1.25 bits per heavy atom. The van der Waals surface area contributed by atoms with Gasteiger partial charge in [-0.3, -0.25) is 4.72 Å². The second kappa shape index (κ2) is 7.30. The highest BCUT2D eigenvalue weighted by atomic mass is 35.5. The van der Waals surface area contributed by atoms with Gasteiger partial charge in [-0.25, -0.2) is 8.42 Å². The quantitative estimate of drug-likeness (QED) is 0.576. The summed E-state index contributed by atoms with van der Waals surface area (Å²) in [5, 5.41) is 3.67. The monoisotopic (exact) mass is 452 g/mol. The number of hydrogen-bond acceptors (Lipinski definition) is 6. The average molecular weight is 453 g/mol. The van der Waals surface area contributed by atoms with Crippen LogP contribution in [0.5, 0.6) is 5.75 Å². The normalized spacial score (nSPS) is 12.2. The number of halogens is 4. The van der Waals surface area contributed by atoms with Gasteiger partial charge in [0.2, 0.25) is 5.76 Å². The Morgan fingerprint density at radius 3 is 2.57 bits per heavy atom. The molecule has 0 spiro atoms. The van der Waals surface area contributed by atoms with Crippen LogP contribution in [0.1, 0.15) is 10.6 Å². The number of thiophene rings is 1. The molecule has 150 valence electrons. The second-order valence-corrected chi connectivity index (χ2v) is 8.90. The molecule has 3 rings (SSSR count). The van der Waals surface area contributed by atoms with Crippen molar-refractivity contribution >= 4 is 38.6 Å². The minimum atomic E-state index is -4.68. The van der Waals surface area contributed by atoms with Crippen LogP contribution in [0.3, 0.4) is 0 Å². The number of benzene rings is 1. The molecule has 0 saturated heterocycles. The molecular formula is C16H12ClF3N2O4S2. The average Bonchev–Trinajstić information content (AvgIpc) is 3.21. The standard InChI is InChI=1S/C16H12ClF3N2O4S2/c1-8-14(7-13(27-8)11-6-15(26-21-11)16(18,19)20)28(23,24)22-10-5-9(17)3-4-12(10)25-2/h3-7,22H,1-2H3. The van der Waals surface area contributed by atoms with Gasteiger partial charge in [0.1, 0.15) is 16.3 Å². The number of hydrogen-bond donors (Lipinski definition) is 1. The maximum atomic E-state index is 12.8. The Balaban J connectivity index is 1.96. The summed E-state index contributed by atoms with van der Waals surface area (Å²) in [5.74, 6) is -1.01. The fourth-order valence-electron chi connectivity index (χ4n) is 2.34. The smallest absolute Gasteiger partial charge is 0.452 e. The first-order valence-electron chi connectivity index (χ1n) is 7.52. The lowest BCUT2D eigenvalue weighted by molar-refractivity contribution is -0.155. The summed E-state index contributed by atoms with van der Waals surface area (Å²) in [4.78, 5) is 0.473. The number of nitrogens with zero attached hydrogens (tertiary/aromatic N) is 1. The van der Waals surface area contributed by atoms with E-state index < -0.39 is 22.0 Å². The van der Waals surface area contributed by atoms with Crippen LogP contribution in [0.15, 0.2) is 39.8 Å². The highest BCUT2D eigenvalue weighted by Gasteiger charge is 2.36. The molecule has 3 aromatic rings. The minimum Gasteiger partial charge on any atom is -0.495 e. The molecule has 0 radical (unpaired) electrons. The van der Waals surface area contributed by atoms with E-state index >= 15 is 0 Å². The van der Waals surface area contributed by atoms with Crippen LogP contribution in [0, 0.1) is 6.92 Å². The molecule has 6 nitrogen and oxygen atoms in total. The molecular weight excluding hydrogens is 441 g/mol. The van der Waals surface area contributed by atoms with Crippen molar-refractivity contribution in [3.8, 4) is 16.3 Å². The first-order chi connectivity index (χ1) is 13.0. The van der Waals surface area contributed by atoms with Gasteiger partial charge in [-0.05, 0) is 31.2 Å². The number of alkyl halides is 3. The summed E-state index contributed by atoms with van der Waals surface area (Å²) in [6.07, 6.45) is -4.68. The van der Waals surface area contributed by atoms with E-state index in [1.165, 1.54) is 38.3 Å². The lowest BCUT2D eigenvalue weighted by atomic mass is 10.3. The number of nitrogens with one attached hydrogen (secondary N) is 1. The van der Waals surface area contributed by atoms with E-state index in [0.717, 1.165) is 17.4 Å². The number of ether oxygens (including phenoxy) is 1. The molecule has 0 fully saturated rings. The van der Waals surface area contributed by atoms with Gasteiger partial charge in [0.15, 0.2) is 0 Å². The molecule has 1 aromatic carbocycles. The molecule has 0 aliphatic heterocycles. The molecule has 0 bridgehead atoms. The van der Waals surface area contributed by atoms with Crippen LogP contribution < -0.4 is 9.46 Å². The Hall–Kier alpha value is -2.24. The lowest BCUT2D eigenvalue weighted by Crippen LogP contribution is -2.13. The van der Waals surface area contributed by atoms with Crippen molar-refractivity contribution in [3.63, 3.8) is 0 Å². The molecule has 0 amide bonds. The number of aryl methyl sites for hydroxylation is 1. The zero-order valence-electron chi connectivity index (χ0n) is 14.3. The highest BCUT2D eigenvalue weighted by molar-refractivity contribution is 7.93. The first-order valence-corrected chi connectivity index (χ1v) is 10.2. The summed E-state index contributed by atoms with van der Waals surface area (Å²) in [5.41, 5.74) is 0.0187. The number of rotatable bonds is 5. The summed E-state index contributed by atoms with van der Waals surface area (Å²) < 4.78 is 75.4. The Kier molecular flexibility index (Phi) is 5.34. The highest BCUT2D eigenvalue weighted by Crippen LogP contribution is 2.38. The van der Waals surface area contributed by atoms with Crippen LogP contribution in [0.25, 0.3) is 10.6 Å². The van der Waals surface area contributed by atoms with Crippen LogP contribution >= 0.6 is 22.9 Å². The molecule has 12 heteroatoms. The predicted molar refractivity (Wildman–Crippen MR) is 98.4 cm³/mol.